The Morgan fingerprint density at radius 2 is 2.05 bits per heavy atom. The standard InChI is InChI=1S/C11H11Br2N5O/c12-7-2-1-3-8(13)10(7)15-11(19)9-6-18(5-4-14)17-16-9/h1-3,6H,4-5,14H2,(H,15,19). The number of nitrogens with one attached hydrogen (secondary N) is 1. The van der Waals surface area contributed by atoms with Gasteiger partial charge in [-0.25, -0.2) is 0 Å². The average molecular weight is 389 g/mol. The summed E-state index contributed by atoms with van der Waals surface area (Å²) in [5.74, 6) is -0.323. The molecule has 0 bridgehead atoms. The maximum absolute atomic E-state index is 12.0. The van der Waals surface area contributed by atoms with Gasteiger partial charge in [-0.1, -0.05) is 11.3 Å². The molecule has 0 aliphatic rings. The summed E-state index contributed by atoms with van der Waals surface area (Å²) in [6.45, 7) is 0.971. The lowest BCUT2D eigenvalue weighted by atomic mass is 10.3. The number of para-hydroxylation sites is 1. The molecular formula is C11H11Br2N5O. The number of halogens is 2. The van der Waals surface area contributed by atoms with Crippen LogP contribution in [0.25, 0.3) is 0 Å². The zero-order valence-electron chi connectivity index (χ0n) is 9.81. The summed E-state index contributed by atoms with van der Waals surface area (Å²) in [5.41, 5.74) is 6.31. The summed E-state index contributed by atoms with van der Waals surface area (Å²) in [4.78, 5) is 12.0. The second-order valence-electron chi connectivity index (χ2n) is 3.71. The van der Waals surface area contributed by atoms with Gasteiger partial charge in [-0.05, 0) is 44.0 Å². The molecule has 2 rings (SSSR count). The van der Waals surface area contributed by atoms with Crippen molar-refractivity contribution in [3.63, 3.8) is 0 Å². The van der Waals surface area contributed by atoms with Gasteiger partial charge >= 0.3 is 0 Å². The Bertz CT molecular complexity index is 578. The van der Waals surface area contributed by atoms with Crippen molar-refractivity contribution in [1.82, 2.24) is 15.0 Å². The molecule has 2 aromatic rings. The van der Waals surface area contributed by atoms with E-state index in [1.165, 1.54) is 4.68 Å². The Morgan fingerprint density at radius 3 is 2.68 bits per heavy atom. The van der Waals surface area contributed by atoms with Crippen LogP contribution in [0.1, 0.15) is 10.5 Å². The van der Waals surface area contributed by atoms with Gasteiger partial charge in [0.05, 0.1) is 18.4 Å². The van der Waals surface area contributed by atoms with Crippen LogP contribution in [0.2, 0.25) is 0 Å². The molecule has 0 spiro atoms. The highest BCUT2D eigenvalue weighted by Crippen LogP contribution is 2.30. The van der Waals surface area contributed by atoms with Gasteiger partial charge in [0.1, 0.15) is 0 Å². The molecule has 19 heavy (non-hydrogen) atoms. The Labute approximate surface area is 126 Å². The molecule has 1 aromatic heterocycles. The van der Waals surface area contributed by atoms with E-state index in [2.05, 4.69) is 47.5 Å². The van der Waals surface area contributed by atoms with E-state index in [1.807, 2.05) is 18.2 Å². The summed E-state index contributed by atoms with van der Waals surface area (Å²) < 4.78 is 3.10. The number of nitrogens with two attached hydrogens (primary N) is 1. The van der Waals surface area contributed by atoms with Crippen LogP contribution in [0.3, 0.4) is 0 Å². The first kappa shape index (κ1) is 14.2. The first-order valence-electron chi connectivity index (χ1n) is 5.47. The predicted octanol–water partition coefficient (Wildman–Crippen LogP) is 2.01. The Kier molecular flexibility index (Phi) is 4.67. The molecular weight excluding hydrogens is 378 g/mol. The zero-order chi connectivity index (χ0) is 13.8. The molecule has 1 heterocycles. The molecule has 3 N–H and O–H groups in total. The van der Waals surface area contributed by atoms with E-state index in [4.69, 9.17) is 5.73 Å². The van der Waals surface area contributed by atoms with Crippen LogP contribution in [0, 0.1) is 0 Å². The number of amides is 1. The number of benzene rings is 1. The fourth-order valence-corrected chi connectivity index (χ4v) is 2.64. The van der Waals surface area contributed by atoms with Crippen LogP contribution in [0.5, 0.6) is 0 Å². The smallest absolute Gasteiger partial charge is 0.277 e. The van der Waals surface area contributed by atoms with Crippen molar-refractivity contribution in [2.24, 2.45) is 5.73 Å². The molecule has 0 aliphatic heterocycles. The number of carbonyl (C=O) groups is 1. The average Bonchev–Trinajstić information content (AvgIpc) is 2.83. The molecule has 0 unspecified atom stereocenters. The van der Waals surface area contributed by atoms with Crippen LogP contribution in [0.15, 0.2) is 33.3 Å². The van der Waals surface area contributed by atoms with Gasteiger partial charge in [0.15, 0.2) is 5.69 Å². The van der Waals surface area contributed by atoms with Crippen LogP contribution in [-0.2, 0) is 6.54 Å². The minimum atomic E-state index is -0.323. The fraction of sp³-hybridized carbons (Fsp3) is 0.182. The molecule has 0 fully saturated rings. The fourth-order valence-electron chi connectivity index (χ4n) is 1.44. The normalized spacial score (nSPS) is 10.5. The molecule has 0 saturated carbocycles. The lowest BCUT2D eigenvalue weighted by molar-refractivity contribution is 0.102. The topological polar surface area (TPSA) is 85.8 Å². The second kappa shape index (κ2) is 6.27. The van der Waals surface area contributed by atoms with Crippen molar-refractivity contribution in [2.75, 3.05) is 11.9 Å². The minimum Gasteiger partial charge on any atom is -0.329 e. The third-order valence-corrected chi connectivity index (χ3v) is 3.65. The van der Waals surface area contributed by atoms with Gasteiger partial charge < -0.3 is 11.1 Å². The van der Waals surface area contributed by atoms with E-state index in [1.54, 1.807) is 6.20 Å². The van der Waals surface area contributed by atoms with Crippen molar-refractivity contribution in [3.8, 4) is 0 Å². The highest BCUT2D eigenvalue weighted by atomic mass is 79.9. The quantitative estimate of drug-likeness (QED) is 0.838. The van der Waals surface area contributed by atoms with Gasteiger partial charge in [0.25, 0.3) is 5.91 Å². The summed E-state index contributed by atoms with van der Waals surface area (Å²) >= 11 is 6.75. The molecule has 0 atom stereocenters. The molecule has 0 radical (unpaired) electrons. The SMILES string of the molecule is NCCn1cc(C(=O)Nc2c(Br)cccc2Br)nn1. The highest BCUT2D eigenvalue weighted by molar-refractivity contribution is 9.11. The van der Waals surface area contributed by atoms with Gasteiger partial charge in [-0.2, -0.15) is 0 Å². The van der Waals surface area contributed by atoms with Crippen LogP contribution in [-0.4, -0.2) is 27.4 Å². The largest absolute Gasteiger partial charge is 0.329 e. The summed E-state index contributed by atoms with van der Waals surface area (Å²) in [5, 5.41) is 10.4. The molecule has 8 heteroatoms. The monoisotopic (exact) mass is 387 g/mol. The second-order valence-corrected chi connectivity index (χ2v) is 5.41. The number of anilines is 1. The van der Waals surface area contributed by atoms with E-state index in [9.17, 15) is 4.79 Å². The molecule has 100 valence electrons. The van der Waals surface area contributed by atoms with Crippen LogP contribution >= 0.6 is 31.9 Å². The van der Waals surface area contributed by atoms with Crippen LogP contribution in [0.4, 0.5) is 5.69 Å². The van der Waals surface area contributed by atoms with Crippen molar-refractivity contribution in [1.29, 1.82) is 0 Å². The predicted molar refractivity (Wildman–Crippen MR) is 78.9 cm³/mol. The molecule has 1 amide bonds. The van der Waals surface area contributed by atoms with E-state index in [0.29, 0.717) is 18.8 Å². The minimum absolute atomic E-state index is 0.246. The Balaban J connectivity index is 2.16. The third kappa shape index (κ3) is 3.40. The van der Waals surface area contributed by atoms with E-state index in [-0.39, 0.29) is 11.6 Å². The van der Waals surface area contributed by atoms with Gasteiger partial charge in [-0.15, -0.1) is 5.10 Å². The van der Waals surface area contributed by atoms with Gasteiger partial charge in [0.2, 0.25) is 0 Å². The molecule has 1 aromatic carbocycles. The summed E-state index contributed by atoms with van der Waals surface area (Å²) in [7, 11) is 0. The Hall–Kier alpha value is -1.25. The summed E-state index contributed by atoms with van der Waals surface area (Å²) in [6.07, 6.45) is 1.56. The van der Waals surface area contributed by atoms with E-state index in [0.717, 1.165) is 8.95 Å². The lowest BCUT2D eigenvalue weighted by Gasteiger charge is -2.07. The molecule has 0 saturated heterocycles. The van der Waals surface area contributed by atoms with Crippen LogP contribution < -0.4 is 11.1 Å². The Morgan fingerprint density at radius 1 is 1.37 bits per heavy atom. The number of nitrogens with zero attached hydrogens (tertiary/aromatic N) is 3. The third-order valence-electron chi connectivity index (χ3n) is 2.33. The zero-order valence-corrected chi connectivity index (χ0v) is 13.0. The lowest BCUT2D eigenvalue weighted by Crippen LogP contribution is -2.13. The van der Waals surface area contributed by atoms with Crippen molar-refractivity contribution >= 4 is 43.5 Å². The molecule has 6 nitrogen and oxygen atoms in total. The number of aromatic nitrogens is 3. The summed E-state index contributed by atoms with van der Waals surface area (Å²) in [6, 6.07) is 5.54. The van der Waals surface area contributed by atoms with Gasteiger partial charge in [-0.3, -0.25) is 9.48 Å². The first-order valence-corrected chi connectivity index (χ1v) is 7.06. The van der Waals surface area contributed by atoms with Gasteiger partial charge in [0, 0.05) is 15.5 Å². The highest BCUT2D eigenvalue weighted by Gasteiger charge is 2.14. The number of rotatable bonds is 4. The van der Waals surface area contributed by atoms with Crippen molar-refractivity contribution < 1.29 is 4.79 Å². The van der Waals surface area contributed by atoms with E-state index < -0.39 is 0 Å². The number of hydrogen-bond acceptors (Lipinski definition) is 4. The number of hydrogen-bond donors (Lipinski definition) is 2. The maximum atomic E-state index is 12.0. The number of carbonyl (C=O) groups excluding carboxylic acids is 1. The van der Waals surface area contributed by atoms with E-state index >= 15 is 0 Å². The first-order chi connectivity index (χ1) is 9.11. The van der Waals surface area contributed by atoms with Crippen molar-refractivity contribution in [2.45, 2.75) is 6.54 Å². The maximum Gasteiger partial charge on any atom is 0.277 e. The molecule has 0 aliphatic carbocycles. The van der Waals surface area contributed by atoms with Crippen molar-refractivity contribution in [3.05, 3.63) is 39.0 Å².